The third kappa shape index (κ3) is 2.10. The molecule has 0 aliphatic heterocycles. The van der Waals surface area contributed by atoms with Crippen LogP contribution in [0.3, 0.4) is 0 Å². The minimum absolute atomic E-state index is 0.348. The van der Waals surface area contributed by atoms with E-state index in [0.717, 1.165) is 8.66 Å². The maximum Gasteiger partial charge on any atom is 0.190 e. The summed E-state index contributed by atoms with van der Waals surface area (Å²) in [5, 5.41) is 0. The summed E-state index contributed by atoms with van der Waals surface area (Å²) in [5.74, 6) is -1.73. The maximum absolute atomic E-state index is 13.4. The predicted molar refractivity (Wildman–Crippen MR) is 63.9 cm³/mol. The Morgan fingerprint density at radius 3 is 2.25 bits per heavy atom. The molecule has 0 aliphatic carbocycles. The van der Waals surface area contributed by atoms with Crippen LogP contribution in [0.5, 0.6) is 5.75 Å². The number of thiophene rings is 1. The largest absolute Gasteiger partial charge is 0.491 e. The van der Waals surface area contributed by atoms with Gasteiger partial charge in [-0.3, -0.25) is 0 Å². The van der Waals surface area contributed by atoms with E-state index < -0.39 is 11.6 Å². The highest BCUT2D eigenvalue weighted by Crippen LogP contribution is 2.34. The SMILES string of the molecule is COc1c(F)cc(-c2ccc(Br)s2)cc1F. The fraction of sp³-hybridized carbons (Fsp3) is 0.0909. The Balaban J connectivity index is 2.52. The number of benzene rings is 1. The molecule has 0 saturated carbocycles. The van der Waals surface area contributed by atoms with E-state index in [1.54, 1.807) is 6.07 Å². The van der Waals surface area contributed by atoms with Gasteiger partial charge < -0.3 is 4.74 Å². The molecule has 0 aliphatic rings. The van der Waals surface area contributed by atoms with Crippen molar-refractivity contribution in [2.45, 2.75) is 0 Å². The van der Waals surface area contributed by atoms with Crippen LogP contribution in [0, 0.1) is 11.6 Å². The van der Waals surface area contributed by atoms with E-state index in [2.05, 4.69) is 20.7 Å². The molecule has 1 nitrogen and oxygen atoms in total. The topological polar surface area (TPSA) is 9.23 Å². The Bertz CT molecular complexity index is 501. The van der Waals surface area contributed by atoms with Gasteiger partial charge in [-0.15, -0.1) is 11.3 Å². The number of halogens is 3. The lowest BCUT2D eigenvalue weighted by molar-refractivity contribution is 0.360. The van der Waals surface area contributed by atoms with Crippen LogP contribution in [0.4, 0.5) is 8.78 Å². The summed E-state index contributed by atoms with van der Waals surface area (Å²) in [6, 6.07) is 6.16. The standard InChI is InChI=1S/C11H7BrF2OS/c1-15-11-7(13)4-6(5-8(11)14)9-2-3-10(12)16-9/h2-5H,1H3. The van der Waals surface area contributed by atoms with E-state index in [0.29, 0.717) is 5.56 Å². The summed E-state index contributed by atoms with van der Waals surface area (Å²) in [4.78, 5) is 0.798. The molecule has 0 radical (unpaired) electrons. The van der Waals surface area contributed by atoms with Crippen LogP contribution in [-0.4, -0.2) is 7.11 Å². The number of hydrogen-bond donors (Lipinski definition) is 0. The van der Waals surface area contributed by atoms with Crippen LogP contribution in [0.2, 0.25) is 0 Å². The lowest BCUT2D eigenvalue weighted by Crippen LogP contribution is -1.93. The highest BCUT2D eigenvalue weighted by molar-refractivity contribution is 9.11. The summed E-state index contributed by atoms with van der Waals surface area (Å²) in [6.45, 7) is 0. The molecular weight excluding hydrogens is 298 g/mol. The molecule has 0 bridgehead atoms. The fourth-order valence-electron chi connectivity index (χ4n) is 1.37. The van der Waals surface area contributed by atoms with Crippen LogP contribution in [0.25, 0.3) is 10.4 Å². The van der Waals surface area contributed by atoms with E-state index in [1.165, 1.54) is 30.6 Å². The molecule has 2 aromatic rings. The lowest BCUT2D eigenvalue weighted by Gasteiger charge is -2.05. The molecular formula is C11H7BrF2OS. The maximum atomic E-state index is 13.4. The molecule has 1 aromatic carbocycles. The van der Waals surface area contributed by atoms with Gasteiger partial charge in [-0.05, 0) is 45.8 Å². The second-order valence-corrected chi connectivity index (χ2v) is 5.54. The van der Waals surface area contributed by atoms with E-state index in [1.807, 2.05) is 6.07 Å². The van der Waals surface area contributed by atoms with E-state index in [9.17, 15) is 8.78 Å². The Kier molecular flexibility index (Phi) is 3.25. The van der Waals surface area contributed by atoms with Gasteiger partial charge in [-0.25, -0.2) is 8.78 Å². The molecule has 1 heterocycles. The summed E-state index contributed by atoms with van der Waals surface area (Å²) < 4.78 is 32.4. The Morgan fingerprint density at radius 1 is 1.19 bits per heavy atom. The van der Waals surface area contributed by atoms with Gasteiger partial charge >= 0.3 is 0 Å². The van der Waals surface area contributed by atoms with Crippen molar-refractivity contribution in [2.75, 3.05) is 7.11 Å². The average Bonchev–Trinajstić information content (AvgIpc) is 2.64. The minimum atomic E-state index is -0.693. The zero-order valence-electron chi connectivity index (χ0n) is 8.26. The van der Waals surface area contributed by atoms with Gasteiger partial charge in [0.1, 0.15) is 0 Å². The van der Waals surface area contributed by atoms with Gasteiger partial charge in [0.25, 0.3) is 0 Å². The monoisotopic (exact) mass is 304 g/mol. The normalized spacial score (nSPS) is 10.5. The predicted octanol–water partition coefficient (Wildman–Crippen LogP) is 4.46. The highest BCUT2D eigenvalue weighted by atomic mass is 79.9. The number of methoxy groups -OCH3 is 1. The van der Waals surface area contributed by atoms with Crippen LogP contribution in [0.15, 0.2) is 28.1 Å². The first kappa shape index (κ1) is 11.5. The number of hydrogen-bond acceptors (Lipinski definition) is 2. The Hall–Kier alpha value is -0.940. The van der Waals surface area contributed by atoms with Crippen LogP contribution in [-0.2, 0) is 0 Å². The van der Waals surface area contributed by atoms with Crippen LogP contribution >= 0.6 is 27.3 Å². The smallest absolute Gasteiger partial charge is 0.190 e. The zero-order chi connectivity index (χ0) is 11.7. The van der Waals surface area contributed by atoms with Gasteiger partial charge in [0.2, 0.25) is 0 Å². The minimum Gasteiger partial charge on any atom is -0.491 e. The summed E-state index contributed by atoms with van der Waals surface area (Å²) in [5.41, 5.74) is 0.506. The third-order valence-electron chi connectivity index (χ3n) is 2.06. The Labute approximate surface area is 104 Å². The summed E-state index contributed by atoms with van der Waals surface area (Å²) in [7, 11) is 1.24. The van der Waals surface area contributed by atoms with Gasteiger partial charge in [-0.1, -0.05) is 0 Å². The van der Waals surface area contributed by atoms with E-state index in [4.69, 9.17) is 0 Å². The van der Waals surface area contributed by atoms with E-state index >= 15 is 0 Å². The quantitative estimate of drug-likeness (QED) is 0.795. The molecule has 0 saturated heterocycles. The van der Waals surface area contributed by atoms with Crippen LogP contribution in [0.1, 0.15) is 0 Å². The zero-order valence-corrected chi connectivity index (χ0v) is 10.7. The molecule has 16 heavy (non-hydrogen) atoms. The molecule has 0 fully saturated rings. The molecule has 5 heteroatoms. The molecule has 1 aromatic heterocycles. The van der Waals surface area contributed by atoms with Crippen molar-refractivity contribution in [3.8, 4) is 16.2 Å². The van der Waals surface area contributed by atoms with Gasteiger partial charge in [0, 0.05) is 4.88 Å². The van der Waals surface area contributed by atoms with Crippen molar-refractivity contribution in [3.05, 3.63) is 39.7 Å². The Morgan fingerprint density at radius 2 is 1.81 bits per heavy atom. The van der Waals surface area contributed by atoms with Crippen molar-refractivity contribution < 1.29 is 13.5 Å². The van der Waals surface area contributed by atoms with E-state index in [-0.39, 0.29) is 5.75 Å². The van der Waals surface area contributed by atoms with Crippen molar-refractivity contribution in [1.29, 1.82) is 0 Å². The molecule has 0 amide bonds. The first-order chi connectivity index (χ1) is 7.61. The lowest BCUT2D eigenvalue weighted by atomic mass is 10.1. The van der Waals surface area contributed by atoms with Gasteiger partial charge in [-0.2, -0.15) is 0 Å². The van der Waals surface area contributed by atoms with Gasteiger partial charge in [0.05, 0.1) is 10.9 Å². The fourth-order valence-corrected chi connectivity index (χ4v) is 2.74. The molecule has 0 atom stereocenters. The second kappa shape index (κ2) is 4.51. The first-order valence-corrected chi connectivity index (χ1v) is 6.01. The van der Waals surface area contributed by atoms with Gasteiger partial charge in [0.15, 0.2) is 17.4 Å². The second-order valence-electron chi connectivity index (χ2n) is 3.08. The van der Waals surface area contributed by atoms with Crippen molar-refractivity contribution in [2.24, 2.45) is 0 Å². The average molecular weight is 305 g/mol. The molecule has 0 spiro atoms. The summed E-state index contributed by atoms with van der Waals surface area (Å²) in [6.07, 6.45) is 0. The van der Waals surface area contributed by atoms with Crippen LogP contribution < -0.4 is 4.74 Å². The first-order valence-electron chi connectivity index (χ1n) is 4.40. The van der Waals surface area contributed by atoms with Crippen molar-refractivity contribution in [1.82, 2.24) is 0 Å². The number of ether oxygens (including phenoxy) is 1. The molecule has 84 valence electrons. The number of rotatable bonds is 2. The molecule has 0 unspecified atom stereocenters. The van der Waals surface area contributed by atoms with Crippen molar-refractivity contribution >= 4 is 27.3 Å². The summed E-state index contributed by atoms with van der Waals surface area (Å²) >= 11 is 4.72. The molecule has 0 N–H and O–H groups in total. The van der Waals surface area contributed by atoms with Crippen molar-refractivity contribution in [3.63, 3.8) is 0 Å². The third-order valence-corrected chi connectivity index (χ3v) is 3.73. The highest BCUT2D eigenvalue weighted by Gasteiger charge is 2.13. The molecule has 2 rings (SSSR count).